The first-order chi connectivity index (χ1) is 11.1. The van der Waals surface area contributed by atoms with Crippen LogP contribution in [0.3, 0.4) is 0 Å². The Labute approximate surface area is 139 Å². The molecule has 0 spiro atoms. The van der Waals surface area contributed by atoms with Gasteiger partial charge in [-0.25, -0.2) is 0 Å². The number of fused-ring (bicyclic) bond motifs is 2. The molecule has 1 aliphatic rings. The van der Waals surface area contributed by atoms with E-state index in [4.69, 9.17) is 11.6 Å². The van der Waals surface area contributed by atoms with E-state index < -0.39 is 0 Å². The third-order valence-electron chi connectivity index (χ3n) is 4.47. The highest BCUT2D eigenvalue weighted by molar-refractivity contribution is 6.34. The normalized spacial score (nSPS) is 14.2. The van der Waals surface area contributed by atoms with Crippen LogP contribution in [-0.2, 0) is 11.2 Å². The van der Waals surface area contributed by atoms with E-state index in [2.05, 4.69) is 17.1 Å². The number of anilines is 1. The van der Waals surface area contributed by atoms with Gasteiger partial charge < -0.3 is 4.90 Å². The van der Waals surface area contributed by atoms with Crippen molar-refractivity contribution in [3.8, 4) is 11.1 Å². The topological polar surface area (TPSA) is 33.2 Å². The van der Waals surface area contributed by atoms with E-state index >= 15 is 0 Å². The van der Waals surface area contributed by atoms with Gasteiger partial charge in [-0.1, -0.05) is 35.9 Å². The number of carbonyl (C=O) groups is 1. The molecule has 0 radical (unpaired) electrons. The van der Waals surface area contributed by atoms with Gasteiger partial charge in [0.15, 0.2) is 0 Å². The molecule has 23 heavy (non-hydrogen) atoms. The van der Waals surface area contributed by atoms with Crippen LogP contribution in [0.4, 0.5) is 5.69 Å². The Morgan fingerprint density at radius 1 is 1.09 bits per heavy atom. The highest BCUT2D eigenvalue weighted by atomic mass is 35.5. The molecule has 3 nitrogen and oxygen atoms in total. The molecule has 1 amide bonds. The first-order valence-electron chi connectivity index (χ1n) is 7.57. The number of pyridine rings is 1. The lowest BCUT2D eigenvalue weighted by Gasteiger charge is -2.27. The van der Waals surface area contributed by atoms with Crippen LogP contribution >= 0.6 is 11.6 Å². The minimum Gasteiger partial charge on any atom is -0.315 e. The number of nitrogens with zero attached hydrogens (tertiary/aromatic N) is 2. The molecule has 4 heteroatoms. The van der Waals surface area contributed by atoms with Gasteiger partial charge in [-0.2, -0.15) is 0 Å². The second-order valence-corrected chi connectivity index (χ2v) is 6.23. The van der Waals surface area contributed by atoms with Crippen molar-refractivity contribution in [2.24, 2.45) is 0 Å². The van der Waals surface area contributed by atoms with Crippen LogP contribution in [0.15, 0.2) is 48.8 Å². The lowest BCUT2D eigenvalue weighted by atomic mass is 9.94. The molecule has 0 saturated carbocycles. The van der Waals surface area contributed by atoms with Crippen LogP contribution in [0.5, 0.6) is 0 Å². The molecule has 114 valence electrons. The van der Waals surface area contributed by atoms with E-state index in [9.17, 15) is 4.79 Å². The van der Waals surface area contributed by atoms with E-state index in [1.54, 1.807) is 11.9 Å². The van der Waals surface area contributed by atoms with Gasteiger partial charge in [0.25, 0.3) is 0 Å². The van der Waals surface area contributed by atoms with Crippen molar-refractivity contribution >= 4 is 34.0 Å². The Hall–Kier alpha value is -2.39. The lowest BCUT2D eigenvalue weighted by Crippen LogP contribution is -2.31. The molecule has 1 aromatic heterocycles. The second kappa shape index (κ2) is 5.36. The largest absolute Gasteiger partial charge is 0.315 e. The minimum atomic E-state index is 0.133. The van der Waals surface area contributed by atoms with Crippen molar-refractivity contribution in [3.63, 3.8) is 0 Å². The predicted octanol–water partition coefficient (Wildman–Crippen LogP) is 4.46. The molecular weight excluding hydrogens is 308 g/mol. The molecule has 0 atom stereocenters. The SMILES string of the molecule is CN1C(=O)CCc2cc(-c3cncc4ccccc34)c(Cl)cc21. The molecule has 2 heterocycles. The van der Waals surface area contributed by atoms with E-state index in [0.29, 0.717) is 11.4 Å². The van der Waals surface area contributed by atoms with Crippen LogP contribution in [0.25, 0.3) is 21.9 Å². The second-order valence-electron chi connectivity index (χ2n) is 5.82. The standard InChI is InChI=1S/C19H15ClN2O/c1-22-18-9-17(20)15(8-12(18)6-7-19(22)23)16-11-21-10-13-4-2-3-5-14(13)16/h2-5,8-11H,6-7H2,1H3. The van der Waals surface area contributed by atoms with Crippen LogP contribution < -0.4 is 4.90 Å². The van der Waals surface area contributed by atoms with Gasteiger partial charge in [-0.3, -0.25) is 9.78 Å². The van der Waals surface area contributed by atoms with Gasteiger partial charge in [-0.15, -0.1) is 0 Å². The molecule has 0 saturated heterocycles. The molecule has 4 rings (SSSR count). The molecule has 1 aliphatic heterocycles. The fraction of sp³-hybridized carbons (Fsp3) is 0.158. The number of hydrogen-bond donors (Lipinski definition) is 0. The van der Waals surface area contributed by atoms with Crippen molar-refractivity contribution in [2.75, 3.05) is 11.9 Å². The van der Waals surface area contributed by atoms with Crippen molar-refractivity contribution in [2.45, 2.75) is 12.8 Å². The summed E-state index contributed by atoms with van der Waals surface area (Å²) in [5, 5.41) is 2.86. The summed E-state index contributed by atoms with van der Waals surface area (Å²) >= 11 is 6.54. The summed E-state index contributed by atoms with van der Waals surface area (Å²) in [4.78, 5) is 17.9. The third-order valence-corrected chi connectivity index (χ3v) is 4.78. The van der Waals surface area contributed by atoms with Crippen molar-refractivity contribution in [1.29, 1.82) is 0 Å². The van der Waals surface area contributed by atoms with Gasteiger partial charge in [0, 0.05) is 48.1 Å². The predicted molar refractivity (Wildman–Crippen MR) is 93.9 cm³/mol. The Kier molecular flexibility index (Phi) is 3.31. The summed E-state index contributed by atoms with van der Waals surface area (Å²) < 4.78 is 0. The van der Waals surface area contributed by atoms with Crippen LogP contribution in [0, 0.1) is 0 Å². The van der Waals surface area contributed by atoms with Gasteiger partial charge in [0.1, 0.15) is 0 Å². The number of halogens is 1. The van der Waals surface area contributed by atoms with Crippen molar-refractivity contribution < 1.29 is 4.79 Å². The van der Waals surface area contributed by atoms with Gasteiger partial charge in [0.2, 0.25) is 5.91 Å². The molecule has 0 fully saturated rings. The van der Waals surface area contributed by atoms with E-state index in [-0.39, 0.29) is 5.91 Å². The third kappa shape index (κ3) is 2.28. The number of carbonyl (C=O) groups excluding carboxylic acids is 1. The molecule has 0 aliphatic carbocycles. The molecular formula is C19H15ClN2O. The summed E-state index contributed by atoms with van der Waals surface area (Å²) in [6, 6.07) is 12.1. The highest BCUT2D eigenvalue weighted by Crippen LogP contribution is 2.39. The van der Waals surface area contributed by atoms with Crippen molar-refractivity contribution in [3.05, 3.63) is 59.4 Å². The monoisotopic (exact) mass is 322 g/mol. The maximum Gasteiger partial charge on any atom is 0.227 e. The Morgan fingerprint density at radius 2 is 1.91 bits per heavy atom. The molecule has 0 N–H and O–H groups in total. The minimum absolute atomic E-state index is 0.133. The maximum atomic E-state index is 11.9. The Balaban J connectivity index is 1.94. The number of rotatable bonds is 1. The van der Waals surface area contributed by atoms with E-state index in [0.717, 1.165) is 39.6 Å². The number of benzene rings is 2. The number of hydrogen-bond acceptors (Lipinski definition) is 2. The summed E-state index contributed by atoms with van der Waals surface area (Å²) in [5.74, 6) is 0.133. The fourth-order valence-corrected chi connectivity index (χ4v) is 3.46. The fourth-order valence-electron chi connectivity index (χ4n) is 3.20. The van der Waals surface area contributed by atoms with Gasteiger partial charge >= 0.3 is 0 Å². The first-order valence-corrected chi connectivity index (χ1v) is 7.95. The summed E-state index contributed by atoms with van der Waals surface area (Å²) in [6.45, 7) is 0. The van der Waals surface area contributed by atoms with E-state index in [1.807, 2.05) is 36.7 Å². The zero-order valence-corrected chi connectivity index (χ0v) is 13.5. The van der Waals surface area contributed by atoms with Crippen LogP contribution in [0.1, 0.15) is 12.0 Å². The van der Waals surface area contributed by atoms with Crippen molar-refractivity contribution in [1.82, 2.24) is 4.98 Å². The van der Waals surface area contributed by atoms with E-state index in [1.165, 1.54) is 0 Å². The molecule has 3 aromatic rings. The van der Waals surface area contributed by atoms with Gasteiger partial charge in [-0.05, 0) is 29.5 Å². The van der Waals surface area contributed by atoms with Crippen LogP contribution in [-0.4, -0.2) is 17.9 Å². The zero-order chi connectivity index (χ0) is 16.0. The zero-order valence-electron chi connectivity index (χ0n) is 12.7. The maximum absolute atomic E-state index is 11.9. The number of aromatic nitrogens is 1. The van der Waals surface area contributed by atoms with Gasteiger partial charge in [0.05, 0.1) is 5.02 Å². The molecule has 2 aromatic carbocycles. The number of amides is 1. The summed E-state index contributed by atoms with van der Waals surface area (Å²) in [6.07, 6.45) is 5.00. The number of aryl methyl sites for hydroxylation is 1. The quantitative estimate of drug-likeness (QED) is 0.662. The Morgan fingerprint density at radius 3 is 2.78 bits per heavy atom. The van der Waals surface area contributed by atoms with Crippen LogP contribution in [0.2, 0.25) is 5.02 Å². The smallest absolute Gasteiger partial charge is 0.227 e. The summed E-state index contributed by atoms with van der Waals surface area (Å²) in [5.41, 5.74) is 4.05. The summed E-state index contributed by atoms with van der Waals surface area (Å²) in [7, 11) is 1.80. The average Bonchev–Trinajstić information content (AvgIpc) is 2.58. The Bertz CT molecular complexity index is 931. The molecule has 0 bridgehead atoms. The highest BCUT2D eigenvalue weighted by Gasteiger charge is 2.23. The first kappa shape index (κ1) is 14.2. The average molecular weight is 323 g/mol. The molecule has 0 unspecified atom stereocenters. The lowest BCUT2D eigenvalue weighted by molar-refractivity contribution is -0.118.